The van der Waals surface area contributed by atoms with E-state index in [1.54, 1.807) is 12.1 Å². The highest BCUT2D eigenvalue weighted by atomic mass is 127. The van der Waals surface area contributed by atoms with Crippen LogP contribution in [0.2, 0.25) is 5.02 Å². The molecule has 0 saturated carbocycles. The smallest absolute Gasteiger partial charge is 0.258 e. The summed E-state index contributed by atoms with van der Waals surface area (Å²) < 4.78 is 0.995. The molecular weight excluding hydrogens is 523 g/mol. The van der Waals surface area contributed by atoms with Gasteiger partial charge in [-0.25, -0.2) is 4.98 Å². The molecule has 0 radical (unpaired) electrons. The molecule has 0 atom stereocenters. The molecule has 0 aliphatic carbocycles. The van der Waals surface area contributed by atoms with E-state index in [1.807, 2.05) is 30.4 Å². The Bertz CT molecular complexity index is 941. The molecule has 1 aromatic heterocycles. The molecule has 2 N–H and O–H groups in total. The number of pyridine rings is 1. The fourth-order valence-electron chi connectivity index (χ4n) is 3.72. The Balaban J connectivity index is 1.76. The monoisotopic (exact) mass is 550 g/mol. The van der Waals surface area contributed by atoms with Crippen LogP contribution in [0.3, 0.4) is 0 Å². The Morgan fingerprint density at radius 2 is 2.00 bits per heavy atom. The number of nitrogens with one attached hydrogen (secondary N) is 2. The van der Waals surface area contributed by atoms with Crippen LogP contribution in [0, 0.1) is 9.49 Å². The van der Waals surface area contributed by atoms with E-state index < -0.39 is 0 Å². The van der Waals surface area contributed by atoms with E-state index in [4.69, 9.17) is 11.6 Å². The quantitative estimate of drug-likeness (QED) is 0.216. The maximum atomic E-state index is 13.1. The molecule has 164 valence electrons. The number of carbonyl (C=O) groups is 1. The van der Waals surface area contributed by atoms with Crippen LogP contribution in [-0.4, -0.2) is 30.5 Å². The number of halogens is 2. The van der Waals surface area contributed by atoms with Crippen molar-refractivity contribution in [2.75, 3.05) is 35.2 Å². The van der Waals surface area contributed by atoms with Crippen molar-refractivity contribution in [1.82, 2.24) is 4.98 Å². The van der Waals surface area contributed by atoms with Crippen LogP contribution in [0.1, 0.15) is 36.0 Å². The number of allylic oxidation sites excluding steroid dienone is 1. The first kappa shape index (κ1) is 23.6. The van der Waals surface area contributed by atoms with Crippen LogP contribution in [0.25, 0.3) is 0 Å². The first-order chi connectivity index (χ1) is 15.0. The van der Waals surface area contributed by atoms with E-state index in [0.29, 0.717) is 22.3 Å². The van der Waals surface area contributed by atoms with Crippen molar-refractivity contribution >= 4 is 57.4 Å². The molecule has 7 heteroatoms. The van der Waals surface area contributed by atoms with Gasteiger partial charge in [0.05, 0.1) is 14.8 Å². The van der Waals surface area contributed by atoms with Crippen LogP contribution in [0.15, 0.2) is 55.6 Å². The Kier molecular flexibility index (Phi) is 8.78. The number of aromatic nitrogens is 1. The number of anilines is 3. The van der Waals surface area contributed by atoms with Gasteiger partial charge in [0.1, 0.15) is 11.6 Å². The average molecular weight is 551 g/mol. The summed E-state index contributed by atoms with van der Waals surface area (Å²) in [4.78, 5) is 20.0. The van der Waals surface area contributed by atoms with Crippen molar-refractivity contribution in [3.8, 4) is 0 Å². The second-order valence-electron chi connectivity index (χ2n) is 7.60. The maximum Gasteiger partial charge on any atom is 0.258 e. The lowest BCUT2D eigenvalue weighted by Gasteiger charge is -2.34. The van der Waals surface area contributed by atoms with Gasteiger partial charge in [0.2, 0.25) is 0 Å². The van der Waals surface area contributed by atoms with E-state index >= 15 is 0 Å². The highest BCUT2D eigenvalue weighted by molar-refractivity contribution is 14.1. The van der Waals surface area contributed by atoms with Crippen molar-refractivity contribution in [1.29, 1.82) is 0 Å². The predicted octanol–water partition coefficient (Wildman–Crippen LogP) is 6.37. The molecule has 1 aliphatic rings. The van der Waals surface area contributed by atoms with E-state index in [-0.39, 0.29) is 5.91 Å². The minimum Gasteiger partial charge on any atom is -0.371 e. The van der Waals surface area contributed by atoms with Crippen molar-refractivity contribution in [2.45, 2.75) is 25.7 Å². The van der Waals surface area contributed by atoms with Crippen molar-refractivity contribution < 1.29 is 4.79 Å². The second-order valence-corrected chi connectivity index (χ2v) is 9.20. The Morgan fingerprint density at radius 3 is 2.71 bits per heavy atom. The lowest BCUT2D eigenvalue weighted by molar-refractivity contribution is 0.102. The fourth-order valence-corrected chi connectivity index (χ4v) is 4.37. The van der Waals surface area contributed by atoms with Gasteiger partial charge in [-0.05, 0) is 84.5 Å². The molecule has 1 amide bonds. The Morgan fingerprint density at radius 1 is 1.23 bits per heavy atom. The molecule has 5 nitrogen and oxygen atoms in total. The van der Waals surface area contributed by atoms with Gasteiger partial charge in [0.25, 0.3) is 5.91 Å². The molecular formula is C24H28ClIN4O. The van der Waals surface area contributed by atoms with E-state index in [9.17, 15) is 4.79 Å². The summed E-state index contributed by atoms with van der Waals surface area (Å²) in [5.74, 6) is 1.73. The van der Waals surface area contributed by atoms with Gasteiger partial charge in [-0.3, -0.25) is 4.79 Å². The SMILES string of the molecule is C=CCCNc1nc(NC(=O)c2ccc(Cl)cc2N2CCC(CC=C)CC2)ccc1I. The van der Waals surface area contributed by atoms with E-state index in [0.717, 1.165) is 60.4 Å². The van der Waals surface area contributed by atoms with Crippen molar-refractivity contribution in [2.24, 2.45) is 5.92 Å². The first-order valence-electron chi connectivity index (χ1n) is 10.5. The lowest BCUT2D eigenvalue weighted by Crippen LogP contribution is -2.35. The number of nitrogens with zero attached hydrogens (tertiary/aromatic N) is 2. The van der Waals surface area contributed by atoms with Crippen LogP contribution >= 0.6 is 34.2 Å². The molecule has 1 aliphatic heterocycles. The summed E-state index contributed by atoms with van der Waals surface area (Å²) in [5, 5.41) is 6.85. The topological polar surface area (TPSA) is 57.3 Å². The van der Waals surface area contributed by atoms with Gasteiger partial charge in [-0.1, -0.05) is 23.8 Å². The van der Waals surface area contributed by atoms with Gasteiger partial charge in [-0.15, -0.1) is 13.2 Å². The maximum absolute atomic E-state index is 13.1. The van der Waals surface area contributed by atoms with Crippen LogP contribution < -0.4 is 15.5 Å². The zero-order valence-corrected chi connectivity index (χ0v) is 20.5. The van der Waals surface area contributed by atoms with Gasteiger partial charge >= 0.3 is 0 Å². The van der Waals surface area contributed by atoms with E-state index in [2.05, 4.69) is 56.3 Å². The standard InChI is InChI=1S/C24H28ClIN4O/c1-3-5-13-27-23-20(26)9-10-22(28-23)29-24(31)19-8-7-18(25)16-21(19)30-14-11-17(6-4-2)12-15-30/h3-4,7-10,16-17H,1-2,5-6,11-15H2,(H2,27,28,29,31). The molecule has 1 saturated heterocycles. The Labute approximate surface area is 203 Å². The van der Waals surface area contributed by atoms with E-state index in [1.165, 1.54) is 0 Å². The molecule has 0 spiro atoms. The molecule has 2 heterocycles. The average Bonchev–Trinajstić information content (AvgIpc) is 2.76. The minimum absolute atomic E-state index is 0.189. The normalized spacial score (nSPS) is 14.2. The summed E-state index contributed by atoms with van der Waals surface area (Å²) in [6, 6.07) is 9.18. The number of amides is 1. The van der Waals surface area contributed by atoms with Gasteiger partial charge < -0.3 is 15.5 Å². The molecule has 3 rings (SSSR count). The number of rotatable bonds is 9. The number of hydrogen-bond acceptors (Lipinski definition) is 4. The fraction of sp³-hybridized carbons (Fsp3) is 0.333. The van der Waals surface area contributed by atoms with Crippen LogP contribution in [0.5, 0.6) is 0 Å². The molecule has 0 unspecified atom stereocenters. The minimum atomic E-state index is -0.189. The summed E-state index contributed by atoms with van der Waals surface area (Å²) in [6.07, 6.45) is 7.89. The van der Waals surface area contributed by atoms with Gasteiger partial charge in [0.15, 0.2) is 0 Å². The molecule has 0 bridgehead atoms. The van der Waals surface area contributed by atoms with Crippen LogP contribution in [0.4, 0.5) is 17.3 Å². The summed E-state index contributed by atoms with van der Waals surface area (Å²) in [6.45, 7) is 10.1. The highest BCUT2D eigenvalue weighted by Crippen LogP contribution is 2.31. The number of carbonyl (C=O) groups excluding carboxylic acids is 1. The predicted molar refractivity (Wildman–Crippen MR) is 139 cm³/mol. The van der Waals surface area contributed by atoms with Gasteiger partial charge in [-0.2, -0.15) is 0 Å². The third kappa shape index (κ3) is 6.46. The number of hydrogen-bond donors (Lipinski definition) is 2. The Hall–Kier alpha value is -2.06. The highest BCUT2D eigenvalue weighted by Gasteiger charge is 2.23. The molecule has 31 heavy (non-hydrogen) atoms. The summed E-state index contributed by atoms with van der Waals surface area (Å²) in [5.41, 5.74) is 1.48. The molecule has 1 fully saturated rings. The third-order valence-corrected chi connectivity index (χ3v) is 6.49. The van der Waals surface area contributed by atoms with Gasteiger partial charge in [0, 0.05) is 24.7 Å². The second kappa shape index (κ2) is 11.5. The lowest BCUT2D eigenvalue weighted by atomic mass is 9.93. The van der Waals surface area contributed by atoms with Crippen molar-refractivity contribution in [3.05, 3.63) is 69.8 Å². The zero-order chi connectivity index (χ0) is 22.2. The largest absolute Gasteiger partial charge is 0.371 e. The number of piperidine rings is 1. The molecule has 2 aromatic rings. The number of benzene rings is 1. The summed E-state index contributed by atoms with van der Waals surface area (Å²) >= 11 is 8.51. The third-order valence-electron chi connectivity index (χ3n) is 5.39. The zero-order valence-electron chi connectivity index (χ0n) is 17.5. The van der Waals surface area contributed by atoms with Crippen molar-refractivity contribution in [3.63, 3.8) is 0 Å². The van der Waals surface area contributed by atoms with Crippen LogP contribution in [-0.2, 0) is 0 Å². The summed E-state index contributed by atoms with van der Waals surface area (Å²) in [7, 11) is 0. The molecule has 1 aromatic carbocycles. The first-order valence-corrected chi connectivity index (χ1v) is 12.0.